The van der Waals surface area contributed by atoms with Crippen LogP contribution in [0.3, 0.4) is 0 Å². The first-order valence-corrected chi connectivity index (χ1v) is 6.59. The molecule has 1 heterocycles. The smallest absolute Gasteiger partial charge is 0.330 e. The van der Waals surface area contributed by atoms with Crippen molar-refractivity contribution in [2.75, 3.05) is 20.3 Å². The van der Waals surface area contributed by atoms with E-state index >= 15 is 0 Å². The van der Waals surface area contributed by atoms with Crippen LogP contribution in [0.4, 0.5) is 0 Å². The highest BCUT2D eigenvalue weighted by atomic mass is 16.7. The van der Waals surface area contributed by atoms with Crippen LogP contribution >= 0.6 is 0 Å². The molecular formula is C13H23NO5. The van der Waals surface area contributed by atoms with Crippen LogP contribution in [0, 0.1) is 0 Å². The highest BCUT2D eigenvalue weighted by Crippen LogP contribution is 2.27. The van der Waals surface area contributed by atoms with Crippen molar-refractivity contribution in [1.29, 1.82) is 0 Å². The summed E-state index contributed by atoms with van der Waals surface area (Å²) in [7, 11) is 1.66. The molecule has 0 aliphatic carbocycles. The Bertz CT molecular complexity index is 318. The van der Waals surface area contributed by atoms with E-state index in [0.717, 1.165) is 5.57 Å². The molecule has 1 N–H and O–H groups in total. The monoisotopic (exact) mass is 273 g/mol. The van der Waals surface area contributed by atoms with E-state index in [2.05, 4.69) is 5.48 Å². The van der Waals surface area contributed by atoms with Gasteiger partial charge >= 0.3 is 5.97 Å². The number of hydrogen-bond acceptors (Lipinski definition) is 6. The Morgan fingerprint density at radius 3 is 2.79 bits per heavy atom. The number of hydrogen-bond donors (Lipinski definition) is 1. The van der Waals surface area contributed by atoms with Crippen molar-refractivity contribution in [3.05, 3.63) is 11.6 Å². The Hall–Kier alpha value is -0.950. The molecule has 3 atom stereocenters. The average Bonchev–Trinajstić information content (AvgIpc) is 2.34. The Labute approximate surface area is 114 Å². The summed E-state index contributed by atoms with van der Waals surface area (Å²) in [6.07, 6.45) is 1.06. The summed E-state index contributed by atoms with van der Waals surface area (Å²) in [5.41, 5.74) is 3.43. The van der Waals surface area contributed by atoms with Crippen molar-refractivity contribution in [1.82, 2.24) is 5.48 Å². The molecule has 0 amide bonds. The predicted octanol–water partition coefficient (Wildman–Crippen LogP) is 1.17. The number of nitrogens with one attached hydrogen (secondary N) is 1. The third-order valence-electron chi connectivity index (χ3n) is 2.67. The molecule has 1 fully saturated rings. The van der Waals surface area contributed by atoms with Gasteiger partial charge in [0.15, 0.2) is 12.4 Å². The summed E-state index contributed by atoms with van der Waals surface area (Å²) in [5.74, 6) is -0.369. The van der Waals surface area contributed by atoms with Gasteiger partial charge in [-0.05, 0) is 32.8 Å². The van der Waals surface area contributed by atoms with Crippen LogP contribution in [0.5, 0.6) is 0 Å². The van der Waals surface area contributed by atoms with Crippen LogP contribution in [0.1, 0.15) is 27.2 Å². The molecule has 0 saturated carbocycles. The molecule has 0 bridgehead atoms. The molecule has 6 nitrogen and oxygen atoms in total. The van der Waals surface area contributed by atoms with Crippen LogP contribution in [-0.4, -0.2) is 44.7 Å². The largest absolute Gasteiger partial charge is 0.463 e. The van der Waals surface area contributed by atoms with Gasteiger partial charge in [0, 0.05) is 19.7 Å². The third-order valence-corrected chi connectivity index (χ3v) is 2.67. The van der Waals surface area contributed by atoms with Crippen molar-refractivity contribution in [2.24, 2.45) is 0 Å². The average molecular weight is 273 g/mol. The zero-order valence-electron chi connectivity index (χ0n) is 12.0. The first-order valence-electron chi connectivity index (χ1n) is 6.59. The van der Waals surface area contributed by atoms with Gasteiger partial charge in [-0.25, -0.2) is 10.3 Å². The van der Waals surface area contributed by atoms with Crippen molar-refractivity contribution in [2.45, 2.75) is 45.7 Å². The number of hydroxylamine groups is 1. The maximum Gasteiger partial charge on any atom is 0.330 e. The van der Waals surface area contributed by atoms with E-state index in [0.29, 0.717) is 19.6 Å². The maximum atomic E-state index is 11.6. The Kier molecular flexibility index (Phi) is 7.01. The summed E-state index contributed by atoms with van der Waals surface area (Å²) in [4.78, 5) is 17.0. The predicted molar refractivity (Wildman–Crippen MR) is 69.2 cm³/mol. The highest BCUT2D eigenvalue weighted by molar-refractivity contribution is 5.83. The second-order valence-corrected chi connectivity index (χ2v) is 4.19. The van der Waals surface area contributed by atoms with Crippen LogP contribution in [0.25, 0.3) is 0 Å². The van der Waals surface area contributed by atoms with Crippen LogP contribution in [-0.2, 0) is 23.8 Å². The van der Waals surface area contributed by atoms with Crippen LogP contribution < -0.4 is 5.48 Å². The molecule has 1 aliphatic heterocycles. The number of carbonyl (C=O) groups is 1. The van der Waals surface area contributed by atoms with Crippen LogP contribution in [0.15, 0.2) is 11.6 Å². The Morgan fingerprint density at radius 1 is 1.47 bits per heavy atom. The van der Waals surface area contributed by atoms with Gasteiger partial charge < -0.3 is 14.2 Å². The Balaban J connectivity index is 2.86. The molecule has 0 spiro atoms. The standard InChI is InChI=1S/C13H23NO5/c1-5-16-11(15)8-10-7-9(3)18-13(17-6-2)12(10)19-14-4/h8-9,12-14H,5-7H2,1-4H3/b10-8+/t9-,12+,13?/m0/s1. The highest BCUT2D eigenvalue weighted by Gasteiger charge is 2.35. The first-order chi connectivity index (χ1) is 9.12. The second-order valence-electron chi connectivity index (χ2n) is 4.19. The normalized spacial score (nSPS) is 29.5. The summed E-state index contributed by atoms with van der Waals surface area (Å²) < 4.78 is 16.1. The fraction of sp³-hybridized carbons (Fsp3) is 0.769. The van der Waals surface area contributed by atoms with Gasteiger partial charge in [0.2, 0.25) is 0 Å². The molecule has 1 unspecified atom stereocenters. The molecule has 1 aliphatic rings. The number of carbonyl (C=O) groups excluding carboxylic acids is 1. The summed E-state index contributed by atoms with van der Waals surface area (Å²) >= 11 is 0. The second kappa shape index (κ2) is 8.27. The van der Waals surface area contributed by atoms with Gasteiger partial charge in [-0.15, -0.1) is 0 Å². The van der Waals surface area contributed by atoms with E-state index in [1.54, 1.807) is 14.0 Å². The zero-order valence-corrected chi connectivity index (χ0v) is 12.0. The van der Waals surface area contributed by atoms with E-state index in [1.165, 1.54) is 6.08 Å². The lowest BCUT2D eigenvalue weighted by Gasteiger charge is -2.35. The van der Waals surface area contributed by atoms with Gasteiger partial charge in [-0.1, -0.05) is 0 Å². The topological polar surface area (TPSA) is 66.0 Å². The van der Waals surface area contributed by atoms with Gasteiger partial charge in [0.1, 0.15) is 0 Å². The van der Waals surface area contributed by atoms with Gasteiger partial charge in [0.05, 0.1) is 12.7 Å². The quantitative estimate of drug-likeness (QED) is 0.445. The minimum absolute atomic E-state index is 0.0334. The molecule has 110 valence electrons. The first kappa shape index (κ1) is 16.1. The van der Waals surface area contributed by atoms with E-state index in [4.69, 9.17) is 19.0 Å². The minimum Gasteiger partial charge on any atom is -0.463 e. The molecule has 0 radical (unpaired) electrons. The van der Waals surface area contributed by atoms with Crippen molar-refractivity contribution in [3.63, 3.8) is 0 Å². The number of esters is 1. The number of rotatable bonds is 6. The molecule has 19 heavy (non-hydrogen) atoms. The van der Waals surface area contributed by atoms with Gasteiger partial charge in [0.25, 0.3) is 0 Å². The molecule has 1 rings (SSSR count). The third kappa shape index (κ3) is 4.91. The van der Waals surface area contributed by atoms with Gasteiger partial charge in [-0.3, -0.25) is 4.84 Å². The molecule has 0 aromatic heterocycles. The lowest BCUT2D eigenvalue weighted by atomic mass is 9.99. The Morgan fingerprint density at radius 2 is 2.21 bits per heavy atom. The lowest BCUT2D eigenvalue weighted by Crippen LogP contribution is -2.45. The van der Waals surface area contributed by atoms with Crippen molar-refractivity contribution in [3.8, 4) is 0 Å². The van der Waals surface area contributed by atoms with E-state index < -0.39 is 12.4 Å². The zero-order chi connectivity index (χ0) is 14.3. The SMILES string of the molecule is CCOC(=O)/C=C1\C[C@H](C)OC(OCC)[C@@H]1ONC. The van der Waals surface area contributed by atoms with Crippen molar-refractivity contribution < 1.29 is 23.8 Å². The van der Waals surface area contributed by atoms with E-state index in [9.17, 15) is 4.79 Å². The molecule has 0 aromatic carbocycles. The van der Waals surface area contributed by atoms with Gasteiger partial charge in [-0.2, -0.15) is 0 Å². The molecule has 0 aromatic rings. The van der Waals surface area contributed by atoms with E-state index in [1.807, 2.05) is 13.8 Å². The van der Waals surface area contributed by atoms with E-state index in [-0.39, 0.29) is 12.1 Å². The minimum atomic E-state index is -0.526. The molecular weight excluding hydrogens is 250 g/mol. The molecule has 1 saturated heterocycles. The van der Waals surface area contributed by atoms with Crippen molar-refractivity contribution >= 4 is 5.97 Å². The summed E-state index contributed by atoms with van der Waals surface area (Å²) in [6, 6.07) is 0. The lowest BCUT2D eigenvalue weighted by molar-refractivity contribution is -0.239. The molecule has 6 heteroatoms. The fourth-order valence-electron chi connectivity index (χ4n) is 2.00. The number of ether oxygens (including phenoxy) is 3. The van der Waals surface area contributed by atoms with Crippen LogP contribution in [0.2, 0.25) is 0 Å². The summed E-state index contributed by atoms with van der Waals surface area (Å²) in [5, 5.41) is 0. The summed E-state index contributed by atoms with van der Waals surface area (Å²) in [6.45, 7) is 6.44. The maximum absolute atomic E-state index is 11.6. The fourth-order valence-corrected chi connectivity index (χ4v) is 2.00.